The lowest BCUT2D eigenvalue weighted by Gasteiger charge is -2.17. The number of rotatable bonds is 6. The fraction of sp³-hybridized carbons (Fsp3) is 0.167. The lowest BCUT2D eigenvalue weighted by atomic mass is 10.1. The molecule has 2 aromatic carbocycles. The van der Waals surface area contributed by atoms with E-state index in [2.05, 4.69) is 15.4 Å². The van der Waals surface area contributed by atoms with Gasteiger partial charge in [0.15, 0.2) is 0 Å². The van der Waals surface area contributed by atoms with E-state index in [0.717, 1.165) is 11.3 Å². The monoisotopic (exact) mass is 340 g/mol. The van der Waals surface area contributed by atoms with Gasteiger partial charge in [0.25, 0.3) is 0 Å². The highest BCUT2D eigenvalue weighted by Crippen LogP contribution is 2.17. The molecule has 1 unspecified atom stereocenters. The molecule has 1 heterocycles. The highest BCUT2D eigenvalue weighted by Gasteiger charge is 2.20. The third-order valence-corrected chi connectivity index (χ3v) is 3.74. The Balaban J connectivity index is 1.76. The van der Waals surface area contributed by atoms with Crippen molar-refractivity contribution < 1.29 is 13.9 Å². The van der Waals surface area contributed by atoms with Gasteiger partial charge in [0.05, 0.1) is 12.8 Å². The van der Waals surface area contributed by atoms with Gasteiger partial charge in [-0.1, -0.05) is 24.3 Å². The van der Waals surface area contributed by atoms with Crippen molar-refractivity contribution in [2.75, 3.05) is 7.11 Å². The Bertz CT molecular complexity index is 835. The lowest BCUT2D eigenvalue weighted by molar-refractivity contribution is -0.143. The average molecular weight is 340 g/mol. The van der Waals surface area contributed by atoms with Crippen LogP contribution in [0.5, 0.6) is 0 Å². The zero-order chi connectivity index (χ0) is 17.6. The standard InChI is InChI=1S/C18H17FN4O2/c1-25-18(24)17(14-5-7-15(19)8-6-14)21-10-13-3-2-4-16(9-13)23-12-20-11-22-23/h2-9,11-12,17,21H,10H2,1H3. The van der Waals surface area contributed by atoms with Crippen molar-refractivity contribution >= 4 is 5.97 Å². The Morgan fingerprint density at radius 2 is 2.08 bits per heavy atom. The molecule has 0 aliphatic rings. The Morgan fingerprint density at radius 1 is 1.28 bits per heavy atom. The largest absolute Gasteiger partial charge is 0.468 e. The molecule has 7 heteroatoms. The molecule has 25 heavy (non-hydrogen) atoms. The first-order valence-corrected chi connectivity index (χ1v) is 7.68. The molecule has 0 aliphatic carbocycles. The molecule has 128 valence electrons. The van der Waals surface area contributed by atoms with Crippen molar-refractivity contribution in [1.82, 2.24) is 20.1 Å². The van der Waals surface area contributed by atoms with Crippen LogP contribution >= 0.6 is 0 Å². The third-order valence-electron chi connectivity index (χ3n) is 3.74. The number of hydrogen-bond acceptors (Lipinski definition) is 5. The van der Waals surface area contributed by atoms with Crippen LogP contribution in [-0.2, 0) is 16.1 Å². The summed E-state index contributed by atoms with van der Waals surface area (Å²) in [6.45, 7) is 0.430. The fourth-order valence-electron chi connectivity index (χ4n) is 2.48. The normalized spacial score (nSPS) is 11.9. The first-order chi connectivity index (χ1) is 12.2. The second-order valence-corrected chi connectivity index (χ2v) is 5.40. The van der Waals surface area contributed by atoms with E-state index < -0.39 is 12.0 Å². The first-order valence-electron chi connectivity index (χ1n) is 7.68. The predicted molar refractivity (Wildman–Crippen MR) is 89.4 cm³/mol. The molecule has 0 fully saturated rings. The molecule has 0 amide bonds. The number of hydrogen-bond donors (Lipinski definition) is 1. The SMILES string of the molecule is COC(=O)C(NCc1cccc(-n2cncn2)c1)c1ccc(F)cc1. The zero-order valence-corrected chi connectivity index (χ0v) is 13.6. The van der Waals surface area contributed by atoms with Gasteiger partial charge in [-0.2, -0.15) is 5.10 Å². The van der Waals surface area contributed by atoms with Crippen molar-refractivity contribution in [2.24, 2.45) is 0 Å². The molecular formula is C18H17FN4O2. The number of halogens is 1. The summed E-state index contributed by atoms with van der Waals surface area (Å²) >= 11 is 0. The van der Waals surface area contributed by atoms with E-state index in [1.54, 1.807) is 23.1 Å². The molecule has 1 N–H and O–H groups in total. The molecule has 0 bridgehead atoms. The van der Waals surface area contributed by atoms with Gasteiger partial charge < -0.3 is 4.74 Å². The maximum absolute atomic E-state index is 13.1. The van der Waals surface area contributed by atoms with Gasteiger partial charge in [0.1, 0.15) is 24.5 Å². The van der Waals surface area contributed by atoms with Crippen molar-refractivity contribution in [3.63, 3.8) is 0 Å². The van der Waals surface area contributed by atoms with Crippen LogP contribution in [0.15, 0.2) is 61.2 Å². The van der Waals surface area contributed by atoms with Crippen LogP contribution in [0.3, 0.4) is 0 Å². The molecule has 1 atom stereocenters. The summed E-state index contributed by atoms with van der Waals surface area (Å²) in [4.78, 5) is 16.0. The van der Waals surface area contributed by atoms with E-state index in [1.165, 1.54) is 25.6 Å². The molecule has 6 nitrogen and oxygen atoms in total. The van der Waals surface area contributed by atoms with Gasteiger partial charge in [0, 0.05) is 6.54 Å². The molecule has 0 radical (unpaired) electrons. The molecule has 3 rings (SSSR count). The first kappa shape index (κ1) is 16.8. The second kappa shape index (κ2) is 7.67. The highest BCUT2D eigenvalue weighted by molar-refractivity contribution is 5.77. The molecule has 0 saturated heterocycles. The number of ether oxygens (including phenoxy) is 1. The molecular weight excluding hydrogens is 323 g/mol. The number of aromatic nitrogens is 3. The van der Waals surface area contributed by atoms with Crippen LogP contribution in [0.25, 0.3) is 5.69 Å². The minimum Gasteiger partial charge on any atom is -0.468 e. The third kappa shape index (κ3) is 4.07. The van der Waals surface area contributed by atoms with E-state index in [9.17, 15) is 9.18 Å². The Morgan fingerprint density at radius 3 is 2.76 bits per heavy atom. The summed E-state index contributed by atoms with van der Waals surface area (Å²) in [7, 11) is 1.33. The average Bonchev–Trinajstić information content (AvgIpc) is 3.18. The molecule has 0 saturated carbocycles. The van der Waals surface area contributed by atoms with Crippen LogP contribution < -0.4 is 5.32 Å². The quantitative estimate of drug-likeness (QED) is 0.698. The summed E-state index contributed by atoms with van der Waals surface area (Å²) in [5.74, 6) is -0.785. The van der Waals surface area contributed by atoms with Crippen LogP contribution in [0, 0.1) is 5.82 Å². The van der Waals surface area contributed by atoms with Gasteiger partial charge in [-0.25, -0.2) is 18.9 Å². The highest BCUT2D eigenvalue weighted by atomic mass is 19.1. The van der Waals surface area contributed by atoms with E-state index >= 15 is 0 Å². The summed E-state index contributed by atoms with van der Waals surface area (Å²) < 4.78 is 19.6. The van der Waals surface area contributed by atoms with E-state index in [0.29, 0.717) is 12.1 Å². The summed E-state index contributed by atoms with van der Waals surface area (Å²) in [5, 5.41) is 7.25. The van der Waals surface area contributed by atoms with E-state index in [4.69, 9.17) is 4.74 Å². The minimum atomic E-state index is -0.680. The minimum absolute atomic E-state index is 0.354. The van der Waals surface area contributed by atoms with Gasteiger partial charge in [-0.05, 0) is 35.4 Å². The van der Waals surface area contributed by atoms with Gasteiger partial charge >= 0.3 is 5.97 Å². The Hall–Kier alpha value is -3.06. The van der Waals surface area contributed by atoms with Crippen molar-refractivity contribution in [1.29, 1.82) is 0 Å². The predicted octanol–water partition coefficient (Wildman–Crippen LogP) is 2.41. The summed E-state index contributed by atoms with van der Waals surface area (Å²) in [6, 6.07) is 12.8. The number of benzene rings is 2. The lowest BCUT2D eigenvalue weighted by Crippen LogP contribution is -2.29. The van der Waals surface area contributed by atoms with E-state index in [1.807, 2.05) is 24.3 Å². The molecule has 0 aliphatic heterocycles. The number of carbonyl (C=O) groups is 1. The number of nitrogens with one attached hydrogen (secondary N) is 1. The van der Waals surface area contributed by atoms with Crippen LogP contribution in [0.1, 0.15) is 17.2 Å². The molecule has 0 spiro atoms. The maximum atomic E-state index is 13.1. The topological polar surface area (TPSA) is 69.0 Å². The van der Waals surface area contributed by atoms with E-state index in [-0.39, 0.29) is 5.82 Å². The van der Waals surface area contributed by atoms with Crippen molar-refractivity contribution in [3.05, 3.63) is 78.1 Å². The van der Waals surface area contributed by atoms with Crippen molar-refractivity contribution in [2.45, 2.75) is 12.6 Å². The zero-order valence-electron chi connectivity index (χ0n) is 13.6. The Labute approximate surface area is 144 Å². The number of carbonyl (C=O) groups excluding carboxylic acids is 1. The number of esters is 1. The number of nitrogens with zero attached hydrogens (tertiary/aromatic N) is 3. The summed E-state index contributed by atoms with van der Waals surface area (Å²) in [6.07, 6.45) is 3.08. The summed E-state index contributed by atoms with van der Waals surface area (Å²) in [5.41, 5.74) is 2.47. The fourth-order valence-corrected chi connectivity index (χ4v) is 2.48. The Kier molecular flexibility index (Phi) is 5.15. The number of methoxy groups -OCH3 is 1. The van der Waals surface area contributed by atoms with Gasteiger partial charge in [-0.3, -0.25) is 5.32 Å². The van der Waals surface area contributed by atoms with Crippen LogP contribution in [0.4, 0.5) is 4.39 Å². The maximum Gasteiger partial charge on any atom is 0.327 e. The van der Waals surface area contributed by atoms with Gasteiger partial charge in [-0.15, -0.1) is 0 Å². The smallest absolute Gasteiger partial charge is 0.327 e. The van der Waals surface area contributed by atoms with Gasteiger partial charge in [0.2, 0.25) is 0 Å². The van der Waals surface area contributed by atoms with Crippen LogP contribution in [-0.4, -0.2) is 27.8 Å². The van der Waals surface area contributed by atoms with Crippen molar-refractivity contribution in [3.8, 4) is 5.69 Å². The second-order valence-electron chi connectivity index (χ2n) is 5.40. The van der Waals surface area contributed by atoms with Crippen LogP contribution in [0.2, 0.25) is 0 Å². The molecule has 3 aromatic rings. The molecule has 1 aromatic heterocycles.